The predicted octanol–water partition coefficient (Wildman–Crippen LogP) is 3.00. The molecule has 0 radical (unpaired) electrons. The average Bonchev–Trinajstić information content (AvgIpc) is 2.51. The number of ketones is 1. The highest BCUT2D eigenvalue weighted by molar-refractivity contribution is 5.75. The molecular weight excluding hydrogens is 320 g/mol. The molecule has 1 N–H and O–H groups in total. The minimum absolute atomic E-state index is 0.153. The summed E-state index contributed by atoms with van der Waals surface area (Å²) in [5.74, 6) is 0.963. The normalized spacial score (nSPS) is 11.3. The second-order valence-corrected chi connectivity index (χ2v) is 7.00. The molecule has 0 aromatic heterocycles. The average molecular weight is 350 g/mol. The third-order valence-corrected chi connectivity index (χ3v) is 3.44. The lowest BCUT2D eigenvalue weighted by molar-refractivity contribution is -0.117. The molecule has 0 fully saturated rings. The minimum atomic E-state index is -0.512. The van der Waals surface area contributed by atoms with Crippen LogP contribution in [0.1, 0.15) is 39.7 Å². The largest absolute Gasteiger partial charge is 0.497 e. The topological polar surface area (TPSA) is 67.9 Å². The summed E-state index contributed by atoms with van der Waals surface area (Å²) in [7, 11) is 1.64. The zero-order valence-corrected chi connectivity index (χ0v) is 15.9. The van der Waals surface area contributed by atoms with Crippen molar-refractivity contribution in [1.82, 2.24) is 10.2 Å². The highest BCUT2D eigenvalue weighted by Gasteiger charge is 2.16. The van der Waals surface area contributed by atoms with Crippen LogP contribution >= 0.6 is 0 Å². The summed E-state index contributed by atoms with van der Waals surface area (Å²) in [5.41, 5.74) is 0.614. The van der Waals surface area contributed by atoms with Crippen molar-refractivity contribution in [2.24, 2.45) is 0 Å². The van der Waals surface area contributed by atoms with Gasteiger partial charge in [0.1, 0.15) is 17.1 Å². The smallest absolute Gasteiger partial charge is 0.407 e. The third kappa shape index (κ3) is 9.72. The Bertz CT molecular complexity index is 550. The molecule has 0 aliphatic heterocycles. The van der Waals surface area contributed by atoms with Gasteiger partial charge in [0.2, 0.25) is 0 Å². The molecule has 0 aliphatic carbocycles. The monoisotopic (exact) mass is 350 g/mol. The SMILES string of the molecule is COc1ccc(CN(CCNC(=O)OC(C)(C)C)CCC(C)=O)cc1. The fraction of sp³-hybridized carbons (Fsp3) is 0.579. The number of benzene rings is 1. The molecule has 140 valence electrons. The number of carbonyl (C=O) groups is 2. The fourth-order valence-electron chi connectivity index (χ4n) is 2.20. The summed E-state index contributed by atoms with van der Waals surface area (Å²) in [6.07, 6.45) is 0.0613. The van der Waals surface area contributed by atoms with Crippen LogP contribution in [0.5, 0.6) is 5.75 Å². The number of Topliss-reactive ketones (excluding diaryl/α,β-unsaturated/α-hetero) is 1. The van der Waals surface area contributed by atoms with Crippen LogP contribution in [0.15, 0.2) is 24.3 Å². The lowest BCUT2D eigenvalue weighted by Crippen LogP contribution is -2.38. The molecule has 1 aromatic rings. The number of nitrogens with zero attached hydrogens (tertiary/aromatic N) is 1. The first-order valence-corrected chi connectivity index (χ1v) is 8.51. The molecule has 1 amide bonds. The molecule has 1 rings (SSSR count). The third-order valence-electron chi connectivity index (χ3n) is 3.44. The van der Waals surface area contributed by atoms with E-state index >= 15 is 0 Å². The number of ether oxygens (including phenoxy) is 2. The molecule has 0 saturated heterocycles. The molecule has 0 aliphatic rings. The van der Waals surface area contributed by atoms with Gasteiger partial charge in [-0.15, -0.1) is 0 Å². The van der Waals surface area contributed by atoms with Crippen molar-refractivity contribution < 1.29 is 19.1 Å². The Kier molecular flexibility index (Phi) is 8.41. The van der Waals surface area contributed by atoms with Gasteiger partial charge in [-0.25, -0.2) is 4.79 Å². The standard InChI is InChI=1S/C19H30N2O4/c1-15(22)10-12-21(13-11-20-18(23)25-19(2,3)4)14-16-6-8-17(24-5)9-7-16/h6-9H,10-14H2,1-5H3,(H,20,23). The first-order valence-electron chi connectivity index (χ1n) is 8.51. The van der Waals surface area contributed by atoms with Crippen LogP contribution in [0, 0.1) is 0 Å². The number of rotatable bonds is 9. The van der Waals surface area contributed by atoms with Gasteiger partial charge in [-0.2, -0.15) is 0 Å². The quantitative estimate of drug-likeness (QED) is 0.741. The summed E-state index contributed by atoms with van der Waals surface area (Å²) < 4.78 is 10.4. The maximum atomic E-state index is 11.7. The Hall–Kier alpha value is -2.08. The van der Waals surface area contributed by atoms with Gasteiger partial charge in [0.25, 0.3) is 0 Å². The van der Waals surface area contributed by atoms with E-state index in [1.165, 1.54) is 0 Å². The summed E-state index contributed by atoms with van der Waals surface area (Å²) in [4.78, 5) is 25.1. The second-order valence-electron chi connectivity index (χ2n) is 7.00. The number of nitrogens with one attached hydrogen (secondary N) is 1. The van der Waals surface area contributed by atoms with Crippen LogP contribution in [0.3, 0.4) is 0 Å². The highest BCUT2D eigenvalue weighted by atomic mass is 16.6. The number of carbonyl (C=O) groups excluding carboxylic acids is 2. The van der Waals surface area contributed by atoms with Crippen molar-refractivity contribution in [3.05, 3.63) is 29.8 Å². The first kappa shape index (κ1) is 21.0. The lowest BCUT2D eigenvalue weighted by atomic mass is 10.2. The van der Waals surface area contributed by atoms with Crippen LogP contribution in [-0.2, 0) is 16.1 Å². The summed E-state index contributed by atoms with van der Waals surface area (Å²) in [6.45, 7) is 9.52. The molecule has 6 heteroatoms. The van der Waals surface area contributed by atoms with E-state index < -0.39 is 11.7 Å². The van der Waals surface area contributed by atoms with E-state index in [9.17, 15) is 9.59 Å². The Balaban J connectivity index is 2.54. The Morgan fingerprint density at radius 2 is 1.76 bits per heavy atom. The number of methoxy groups -OCH3 is 1. The fourth-order valence-corrected chi connectivity index (χ4v) is 2.20. The molecule has 0 bridgehead atoms. The highest BCUT2D eigenvalue weighted by Crippen LogP contribution is 2.13. The number of hydrogen-bond donors (Lipinski definition) is 1. The molecular formula is C19H30N2O4. The van der Waals surface area contributed by atoms with Gasteiger partial charge in [-0.1, -0.05) is 12.1 Å². The van der Waals surface area contributed by atoms with Crippen molar-refractivity contribution in [3.8, 4) is 5.75 Å². The number of amides is 1. The van der Waals surface area contributed by atoms with Crippen LogP contribution in [-0.4, -0.2) is 49.1 Å². The van der Waals surface area contributed by atoms with Crippen molar-refractivity contribution in [2.45, 2.75) is 46.3 Å². The van der Waals surface area contributed by atoms with Crippen molar-refractivity contribution in [2.75, 3.05) is 26.7 Å². The van der Waals surface area contributed by atoms with Crippen LogP contribution in [0.2, 0.25) is 0 Å². The van der Waals surface area contributed by atoms with Gasteiger partial charge in [0.15, 0.2) is 0 Å². The molecule has 0 saturated carbocycles. The molecule has 1 aromatic carbocycles. The molecule has 0 atom stereocenters. The van der Waals surface area contributed by atoms with Crippen LogP contribution in [0.4, 0.5) is 4.79 Å². The number of alkyl carbamates (subject to hydrolysis) is 1. The second kappa shape index (κ2) is 10.0. The zero-order chi connectivity index (χ0) is 18.9. The molecule has 0 spiro atoms. The summed E-state index contributed by atoms with van der Waals surface area (Å²) in [5, 5.41) is 2.75. The van der Waals surface area contributed by atoms with Gasteiger partial charge in [-0.3, -0.25) is 9.69 Å². The van der Waals surface area contributed by atoms with Gasteiger partial charge < -0.3 is 14.8 Å². The minimum Gasteiger partial charge on any atom is -0.497 e. The van der Waals surface area contributed by atoms with Gasteiger partial charge in [0, 0.05) is 32.6 Å². The van der Waals surface area contributed by atoms with Gasteiger partial charge in [-0.05, 0) is 45.4 Å². The molecule has 6 nitrogen and oxygen atoms in total. The summed E-state index contributed by atoms with van der Waals surface area (Å²) in [6, 6.07) is 7.83. The van der Waals surface area contributed by atoms with E-state index in [1.54, 1.807) is 14.0 Å². The van der Waals surface area contributed by atoms with Crippen molar-refractivity contribution in [1.29, 1.82) is 0 Å². The van der Waals surface area contributed by atoms with E-state index in [0.717, 1.165) is 11.3 Å². The molecule has 0 heterocycles. The van der Waals surface area contributed by atoms with Gasteiger partial charge in [0.05, 0.1) is 7.11 Å². The molecule has 0 unspecified atom stereocenters. The predicted molar refractivity (Wildman–Crippen MR) is 97.8 cm³/mol. The van der Waals surface area contributed by atoms with Crippen molar-refractivity contribution in [3.63, 3.8) is 0 Å². The lowest BCUT2D eigenvalue weighted by Gasteiger charge is -2.23. The Morgan fingerprint density at radius 3 is 2.28 bits per heavy atom. The summed E-state index contributed by atoms with van der Waals surface area (Å²) >= 11 is 0. The van der Waals surface area contributed by atoms with E-state index in [4.69, 9.17) is 9.47 Å². The van der Waals surface area contributed by atoms with Crippen LogP contribution < -0.4 is 10.1 Å². The Labute approximate surface area is 150 Å². The molecule has 25 heavy (non-hydrogen) atoms. The maximum absolute atomic E-state index is 11.7. The van der Waals surface area contributed by atoms with E-state index in [2.05, 4.69) is 10.2 Å². The maximum Gasteiger partial charge on any atom is 0.407 e. The van der Waals surface area contributed by atoms with Crippen molar-refractivity contribution >= 4 is 11.9 Å². The first-order chi connectivity index (χ1) is 11.7. The zero-order valence-electron chi connectivity index (χ0n) is 15.9. The van der Waals surface area contributed by atoms with E-state index in [-0.39, 0.29) is 5.78 Å². The van der Waals surface area contributed by atoms with Gasteiger partial charge >= 0.3 is 6.09 Å². The van der Waals surface area contributed by atoms with E-state index in [0.29, 0.717) is 32.6 Å². The Morgan fingerprint density at radius 1 is 1.12 bits per heavy atom. The number of hydrogen-bond acceptors (Lipinski definition) is 5. The van der Waals surface area contributed by atoms with E-state index in [1.807, 2.05) is 45.0 Å². The van der Waals surface area contributed by atoms with Crippen LogP contribution in [0.25, 0.3) is 0 Å².